The molecule has 0 N–H and O–H groups in total. The zero-order valence-corrected chi connectivity index (χ0v) is 3.32. The molecule has 0 atom stereocenters. The maximum absolute atomic E-state index is 9.59. The summed E-state index contributed by atoms with van der Waals surface area (Å²) in [5, 5.41) is 0. The van der Waals surface area contributed by atoms with Crippen LogP contribution < -0.4 is 0 Å². The van der Waals surface area contributed by atoms with Crippen molar-refractivity contribution in [3.8, 4) is 0 Å². The first-order valence-corrected chi connectivity index (χ1v) is 1.32. The van der Waals surface area contributed by atoms with Crippen LogP contribution in [0.5, 0.6) is 0 Å². The van der Waals surface area contributed by atoms with E-state index >= 15 is 0 Å². The molecule has 0 rings (SSSR count). The van der Waals surface area contributed by atoms with Crippen LogP contribution in [-0.2, 0) is 9.53 Å². The summed E-state index contributed by atoms with van der Waals surface area (Å²) >= 11 is 0. The van der Waals surface area contributed by atoms with Gasteiger partial charge in [0.1, 0.15) is 0 Å². The minimum atomic E-state index is -0.245. The molecule has 3 heteroatoms. The van der Waals surface area contributed by atoms with Crippen molar-refractivity contribution in [2.45, 2.75) is 6.92 Å². The topological polar surface area (TPSA) is 26.3 Å². The van der Waals surface area contributed by atoms with E-state index < -0.39 is 0 Å². The van der Waals surface area contributed by atoms with Gasteiger partial charge in [-0.25, -0.2) is 0 Å². The summed E-state index contributed by atoms with van der Waals surface area (Å²) in [4.78, 5) is 9.59. The molecule has 0 amide bonds. The summed E-state index contributed by atoms with van der Waals surface area (Å²) in [6.45, 7) is 1.36. The fraction of sp³-hybridized carbons (Fsp3) is 0.667. The monoisotopic (exact) mass is 146 g/mol. The molecule has 0 saturated heterocycles. The Bertz CT molecular complexity index is 44.1. The molecule has 0 aromatic rings. The molecule has 36 valence electrons. The Kier molecular flexibility index (Phi) is 8.04. The van der Waals surface area contributed by atoms with Gasteiger partial charge in [0.05, 0.1) is 7.11 Å². The fourth-order valence-electron chi connectivity index (χ4n) is 0. The summed E-state index contributed by atoms with van der Waals surface area (Å²) in [5.74, 6) is -0.245. The minimum absolute atomic E-state index is 0. The molecule has 0 aromatic carbocycles. The van der Waals surface area contributed by atoms with Gasteiger partial charge in [0.25, 0.3) is 0 Å². The predicted molar refractivity (Wildman–Crippen MR) is 27.6 cm³/mol. The molecule has 0 spiro atoms. The standard InChI is InChI=1S/C3H6O2.Ga.3H/c1-3(4)5-2;;;;/h1-2H3;;;;. The van der Waals surface area contributed by atoms with Crippen LogP contribution in [-0.4, -0.2) is 32.9 Å². The maximum atomic E-state index is 9.59. The Labute approximate surface area is 49.9 Å². The summed E-state index contributed by atoms with van der Waals surface area (Å²) in [6, 6.07) is 0. The number of hydrogen-bond acceptors (Lipinski definition) is 2. The molecule has 0 aliphatic heterocycles. The number of hydrogen-bond donors (Lipinski definition) is 0. The van der Waals surface area contributed by atoms with E-state index in [-0.39, 0.29) is 25.8 Å². The zero-order valence-electron chi connectivity index (χ0n) is 3.32. The van der Waals surface area contributed by atoms with Crippen LogP contribution >= 0.6 is 0 Å². The van der Waals surface area contributed by atoms with E-state index in [0.717, 1.165) is 0 Å². The molecule has 0 heterocycles. The van der Waals surface area contributed by atoms with Crippen molar-refractivity contribution in [3.05, 3.63) is 0 Å². The van der Waals surface area contributed by atoms with Crippen molar-refractivity contribution in [2.24, 2.45) is 0 Å². The second-order valence-corrected chi connectivity index (χ2v) is 0.696. The molecule has 6 heavy (non-hydrogen) atoms. The summed E-state index contributed by atoms with van der Waals surface area (Å²) < 4.78 is 4.11. The van der Waals surface area contributed by atoms with Crippen molar-refractivity contribution in [1.29, 1.82) is 0 Å². The summed E-state index contributed by atoms with van der Waals surface area (Å²) in [6.07, 6.45) is 0. The first kappa shape index (κ1) is 9.44. The number of rotatable bonds is 0. The molecule has 0 radical (unpaired) electrons. The molecular formula is C3H9GaO2. The average molecular weight is 147 g/mol. The van der Waals surface area contributed by atoms with Crippen molar-refractivity contribution in [1.82, 2.24) is 0 Å². The summed E-state index contributed by atoms with van der Waals surface area (Å²) in [7, 11) is 1.35. The number of carbonyl (C=O) groups is 1. The molecule has 0 aromatic heterocycles. The van der Waals surface area contributed by atoms with Crippen LogP contribution in [0, 0.1) is 0 Å². The first-order valence-electron chi connectivity index (χ1n) is 1.32. The Morgan fingerprint density at radius 2 is 1.83 bits per heavy atom. The van der Waals surface area contributed by atoms with Gasteiger partial charge >= 0.3 is 25.8 Å². The van der Waals surface area contributed by atoms with Crippen molar-refractivity contribution in [3.63, 3.8) is 0 Å². The van der Waals surface area contributed by atoms with Crippen LogP contribution in [0.15, 0.2) is 0 Å². The van der Waals surface area contributed by atoms with Crippen LogP contribution in [0.1, 0.15) is 6.92 Å². The van der Waals surface area contributed by atoms with Gasteiger partial charge < -0.3 is 4.74 Å². The quantitative estimate of drug-likeness (QED) is 0.324. The molecule has 0 unspecified atom stereocenters. The SMILES string of the molecule is COC(C)=O.[GaH3]. The van der Waals surface area contributed by atoms with E-state index in [4.69, 9.17) is 0 Å². The van der Waals surface area contributed by atoms with Gasteiger partial charge in [-0.05, 0) is 0 Å². The van der Waals surface area contributed by atoms with Crippen LogP contribution in [0.4, 0.5) is 0 Å². The third-order valence-corrected chi connectivity index (χ3v) is 0.287. The molecule has 2 nitrogen and oxygen atoms in total. The summed E-state index contributed by atoms with van der Waals surface area (Å²) in [5.41, 5.74) is 0. The van der Waals surface area contributed by atoms with E-state index in [1.807, 2.05) is 0 Å². The molecule has 0 aliphatic carbocycles. The number of methoxy groups -OCH3 is 1. The van der Waals surface area contributed by atoms with E-state index in [2.05, 4.69) is 4.74 Å². The normalized spacial score (nSPS) is 5.67. The second-order valence-electron chi connectivity index (χ2n) is 0.696. The van der Waals surface area contributed by atoms with E-state index in [1.165, 1.54) is 14.0 Å². The van der Waals surface area contributed by atoms with Crippen molar-refractivity contribution >= 4 is 25.8 Å². The van der Waals surface area contributed by atoms with Crippen LogP contribution in [0.25, 0.3) is 0 Å². The van der Waals surface area contributed by atoms with E-state index in [9.17, 15) is 4.79 Å². The third-order valence-electron chi connectivity index (χ3n) is 0.287. The number of esters is 1. The van der Waals surface area contributed by atoms with Gasteiger partial charge in [-0.3, -0.25) is 4.79 Å². The van der Waals surface area contributed by atoms with Gasteiger partial charge in [0.15, 0.2) is 0 Å². The number of carbonyl (C=O) groups excluding carboxylic acids is 1. The van der Waals surface area contributed by atoms with E-state index in [1.54, 1.807) is 0 Å². The van der Waals surface area contributed by atoms with Gasteiger partial charge in [-0.2, -0.15) is 0 Å². The first-order chi connectivity index (χ1) is 2.27. The zero-order chi connectivity index (χ0) is 4.28. The molecule has 0 saturated carbocycles. The third kappa shape index (κ3) is 8.93. The molecule has 0 bridgehead atoms. The predicted octanol–water partition coefficient (Wildman–Crippen LogP) is -1.00. The molecule has 0 aliphatic rings. The van der Waals surface area contributed by atoms with Gasteiger partial charge in [-0.15, -0.1) is 0 Å². The van der Waals surface area contributed by atoms with Crippen LogP contribution in [0.2, 0.25) is 0 Å². The van der Waals surface area contributed by atoms with Gasteiger partial charge in [0, 0.05) is 6.92 Å². The van der Waals surface area contributed by atoms with Crippen LogP contribution in [0.3, 0.4) is 0 Å². The number of ether oxygens (including phenoxy) is 1. The van der Waals surface area contributed by atoms with Crippen molar-refractivity contribution < 1.29 is 9.53 Å². The van der Waals surface area contributed by atoms with Gasteiger partial charge in [0.2, 0.25) is 0 Å². The Hall–Kier alpha value is 0.106. The molecule has 0 fully saturated rings. The van der Waals surface area contributed by atoms with Crippen molar-refractivity contribution in [2.75, 3.05) is 7.11 Å². The Balaban J connectivity index is 0. The Morgan fingerprint density at radius 3 is 1.83 bits per heavy atom. The Morgan fingerprint density at radius 1 is 1.67 bits per heavy atom. The second kappa shape index (κ2) is 5.11. The fourth-order valence-corrected chi connectivity index (χ4v) is 0. The van der Waals surface area contributed by atoms with E-state index in [0.29, 0.717) is 0 Å². The average Bonchev–Trinajstić information content (AvgIpc) is 1.38. The van der Waals surface area contributed by atoms with Gasteiger partial charge in [-0.1, -0.05) is 0 Å². The molecular weight excluding hydrogens is 138 g/mol.